The van der Waals surface area contributed by atoms with E-state index in [0.29, 0.717) is 38.0 Å². The van der Waals surface area contributed by atoms with Crippen LogP contribution < -0.4 is 4.90 Å². The molecule has 2 bridgehead atoms. The van der Waals surface area contributed by atoms with Crippen LogP contribution in [-0.2, 0) is 22.6 Å². The monoisotopic (exact) mass is 541 g/mol. The normalized spacial score (nSPS) is 20.7. The van der Waals surface area contributed by atoms with Gasteiger partial charge in [0.25, 0.3) is 0 Å². The molecule has 5 nitrogen and oxygen atoms in total. The Balaban J connectivity index is 1.73. The first kappa shape index (κ1) is 28.6. The summed E-state index contributed by atoms with van der Waals surface area (Å²) in [5.41, 5.74) is 2.04. The van der Waals surface area contributed by atoms with E-state index in [1.54, 1.807) is 12.1 Å². The molecular weight excluding hydrogens is 501 g/mol. The van der Waals surface area contributed by atoms with Gasteiger partial charge in [-0.05, 0) is 61.9 Å². The van der Waals surface area contributed by atoms with Crippen LogP contribution in [-0.4, -0.2) is 53.3 Å². The van der Waals surface area contributed by atoms with Crippen LogP contribution in [0.4, 0.5) is 10.1 Å². The van der Waals surface area contributed by atoms with E-state index in [1.165, 1.54) is 6.07 Å². The summed E-state index contributed by atoms with van der Waals surface area (Å²) in [5, 5.41) is 0.271. The largest absolute Gasteiger partial charge is 0.336 e. The average Bonchev–Trinajstić information content (AvgIpc) is 2.91. The van der Waals surface area contributed by atoms with Crippen molar-refractivity contribution in [2.75, 3.05) is 24.5 Å². The molecule has 38 heavy (non-hydrogen) atoms. The molecule has 2 aliphatic rings. The molecule has 2 unspecified atom stereocenters. The molecule has 2 amide bonds. The Kier molecular flexibility index (Phi) is 9.83. The highest BCUT2D eigenvalue weighted by Gasteiger charge is 2.34. The number of piperidine rings is 1. The van der Waals surface area contributed by atoms with Crippen molar-refractivity contribution in [2.45, 2.75) is 84.3 Å². The summed E-state index contributed by atoms with van der Waals surface area (Å²) in [6, 6.07) is 13.0. The quantitative estimate of drug-likeness (QED) is 0.421. The zero-order valence-electron chi connectivity index (χ0n) is 23.0. The number of benzene rings is 2. The molecule has 0 aromatic heterocycles. The number of amides is 2. The van der Waals surface area contributed by atoms with Gasteiger partial charge in [-0.2, -0.15) is 0 Å². The summed E-state index contributed by atoms with van der Waals surface area (Å²) >= 11 is 6.31. The second-order valence-electron chi connectivity index (χ2n) is 11.1. The molecule has 1 fully saturated rings. The predicted molar refractivity (Wildman–Crippen MR) is 152 cm³/mol. The Bertz CT molecular complexity index is 1100. The lowest BCUT2D eigenvalue weighted by atomic mass is 9.92. The van der Waals surface area contributed by atoms with Crippen molar-refractivity contribution >= 4 is 29.1 Å². The average molecular weight is 542 g/mol. The van der Waals surface area contributed by atoms with E-state index in [-0.39, 0.29) is 34.9 Å². The molecule has 0 aliphatic carbocycles. The Labute approximate surface area is 231 Å². The summed E-state index contributed by atoms with van der Waals surface area (Å²) in [7, 11) is 0. The third-order valence-electron chi connectivity index (χ3n) is 8.08. The van der Waals surface area contributed by atoms with E-state index < -0.39 is 5.82 Å². The molecule has 2 aromatic rings. The van der Waals surface area contributed by atoms with Crippen molar-refractivity contribution in [3.8, 4) is 0 Å². The predicted octanol–water partition coefficient (Wildman–Crippen LogP) is 6.47. The minimum absolute atomic E-state index is 0.0899. The fourth-order valence-electron chi connectivity index (χ4n) is 5.93. The lowest BCUT2D eigenvalue weighted by Gasteiger charge is -2.44. The minimum Gasteiger partial charge on any atom is -0.336 e. The highest BCUT2D eigenvalue weighted by atomic mass is 35.5. The van der Waals surface area contributed by atoms with Gasteiger partial charge >= 0.3 is 0 Å². The first-order chi connectivity index (χ1) is 18.3. The molecule has 0 N–H and O–H groups in total. The standard InChI is InChI=1S/C31H41ClFN3O2/c1-4-30(37)36-18-16-24-10-7-11-25(35(24)17-15-22(2)3)21-34(20-23-9-5-6-14-29(23)36)31(38)19-26-27(32)12-8-13-28(26)33/h5-6,8-9,12-14,22,24-25H,4,7,10-11,15-21H2,1-3H3. The van der Waals surface area contributed by atoms with E-state index in [4.69, 9.17) is 11.6 Å². The molecule has 206 valence electrons. The van der Waals surface area contributed by atoms with E-state index in [1.807, 2.05) is 41.0 Å². The molecule has 0 saturated carbocycles. The van der Waals surface area contributed by atoms with E-state index in [9.17, 15) is 14.0 Å². The van der Waals surface area contributed by atoms with E-state index in [0.717, 1.165) is 49.9 Å². The van der Waals surface area contributed by atoms with Crippen LogP contribution in [0.15, 0.2) is 42.5 Å². The summed E-state index contributed by atoms with van der Waals surface area (Å²) < 4.78 is 14.6. The molecule has 0 spiro atoms. The van der Waals surface area contributed by atoms with Gasteiger partial charge in [-0.1, -0.05) is 63.1 Å². The van der Waals surface area contributed by atoms with Gasteiger partial charge in [-0.3, -0.25) is 14.5 Å². The number of rotatable bonds is 6. The molecule has 2 heterocycles. The molecule has 1 saturated heterocycles. The molecule has 2 aromatic carbocycles. The smallest absolute Gasteiger partial charge is 0.227 e. The first-order valence-electron chi connectivity index (χ1n) is 14.1. The van der Waals surface area contributed by atoms with Gasteiger partial charge in [0, 0.05) is 54.4 Å². The van der Waals surface area contributed by atoms with E-state index in [2.05, 4.69) is 18.7 Å². The van der Waals surface area contributed by atoms with Gasteiger partial charge in [0.05, 0.1) is 6.42 Å². The van der Waals surface area contributed by atoms with Crippen LogP contribution >= 0.6 is 11.6 Å². The number of halogens is 2. The summed E-state index contributed by atoms with van der Waals surface area (Å²) in [5.74, 6) is 0.0662. The van der Waals surface area contributed by atoms with Crippen LogP contribution in [0.1, 0.15) is 70.4 Å². The lowest BCUT2D eigenvalue weighted by molar-refractivity contribution is -0.132. The number of anilines is 1. The fraction of sp³-hybridized carbons (Fsp3) is 0.548. The molecule has 7 heteroatoms. The Morgan fingerprint density at radius 2 is 1.79 bits per heavy atom. The maximum absolute atomic E-state index is 14.6. The molecule has 2 aliphatic heterocycles. The van der Waals surface area contributed by atoms with Gasteiger partial charge in [0.15, 0.2) is 0 Å². The summed E-state index contributed by atoms with van der Waals surface area (Å²) in [6.45, 7) is 8.97. The molecule has 0 radical (unpaired) electrons. The van der Waals surface area contributed by atoms with Gasteiger partial charge in [-0.25, -0.2) is 4.39 Å². The van der Waals surface area contributed by atoms with Gasteiger partial charge < -0.3 is 9.80 Å². The maximum Gasteiger partial charge on any atom is 0.227 e. The lowest BCUT2D eigenvalue weighted by Crippen LogP contribution is -2.53. The fourth-order valence-corrected chi connectivity index (χ4v) is 6.16. The number of carbonyl (C=O) groups is 2. The van der Waals surface area contributed by atoms with Crippen LogP contribution in [0.25, 0.3) is 0 Å². The minimum atomic E-state index is -0.458. The van der Waals surface area contributed by atoms with Crippen molar-refractivity contribution in [3.63, 3.8) is 0 Å². The zero-order chi connectivity index (χ0) is 27.2. The van der Waals surface area contributed by atoms with Gasteiger partial charge in [-0.15, -0.1) is 0 Å². The van der Waals surface area contributed by atoms with E-state index >= 15 is 0 Å². The second-order valence-corrected chi connectivity index (χ2v) is 11.5. The van der Waals surface area contributed by atoms with Crippen LogP contribution in [0.3, 0.4) is 0 Å². The second kappa shape index (κ2) is 13.1. The Hall–Kier alpha value is -2.44. The first-order valence-corrected chi connectivity index (χ1v) is 14.5. The SMILES string of the molecule is CCC(=O)N1CCC2CCCC(CN(C(=O)Cc3c(F)cccc3Cl)Cc3ccccc31)N2CCC(C)C. The number of para-hydroxylation sites is 1. The highest BCUT2D eigenvalue weighted by Crippen LogP contribution is 2.32. The third kappa shape index (κ3) is 6.76. The Morgan fingerprint density at radius 1 is 1.03 bits per heavy atom. The van der Waals surface area contributed by atoms with Crippen molar-refractivity contribution in [2.24, 2.45) is 5.92 Å². The van der Waals surface area contributed by atoms with Crippen LogP contribution in [0.5, 0.6) is 0 Å². The van der Waals surface area contributed by atoms with Crippen molar-refractivity contribution in [1.82, 2.24) is 9.80 Å². The van der Waals surface area contributed by atoms with Crippen LogP contribution in [0.2, 0.25) is 5.02 Å². The molecule has 4 rings (SSSR count). The molecular formula is C31H41ClFN3O2. The number of nitrogens with zero attached hydrogens (tertiary/aromatic N) is 3. The topological polar surface area (TPSA) is 43.9 Å². The number of hydrogen-bond donors (Lipinski definition) is 0. The number of carbonyl (C=O) groups excluding carboxylic acids is 2. The van der Waals surface area contributed by atoms with Crippen molar-refractivity contribution < 1.29 is 14.0 Å². The summed E-state index contributed by atoms with van der Waals surface area (Å²) in [6.07, 6.45) is 5.56. The Morgan fingerprint density at radius 3 is 2.53 bits per heavy atom. The molecule has 2 atom stereocenters. The van der Waals surface area contributed by atoms with Crippen molar-refractivity contribution in [1.29, 1.82) is 0 Å². The van der Waals surface area contributed by atoms with Gasteiger partial charge in [0.2, 0.25) is 11.8 Å². The van der Waals surface area contributed by atoms with Crippen molar-refractivity contribution in [3.05, 3.63) is 64.4 Å². The summed E-state index contributed by atoms with van der Waals surface area (Å²) in [4.78, 5) is 33.4. The van der Waals surface area contributed by atoms with Gasteiger partial charge in [0.1, 0.15) is 5.82 Å². The number of fused-ring (bicyclic) bond motifs is 3. The van der Waals surface area contributed by atoms with Crippen LogP contribution in [0, 0.1) is 11.7 Å². The zero-order valence-corrected chi connectivity index (χ0v) is 23.7. The third-order valence-corrected chi connectivity index (χ3v) is 8.44. The maximum atomic E-state index is 14.6. The highest BCUT2D eigenvalue weighted by molar-refractivity contribution is 6.31. The number of hydrogen-bond acceptors (Lipinski definition) is 3.